The SMILES string of the molecule is Cc1ccc(NC(=O)c2cnnc(C3(C#N)CC3)c2)cc1-c1cc(N2CCOCC2)nc(N2CC(O)C2)c1. The number of nitrogens with one attached hydrogen (secondary N) is 1. The molecule has 0 radical (unpaired) electrons. The molecule has 0 bridgehead atoms. The number of ether oxygens (including phenoxy) is 1. The molecule has 0 unspecified atom stereocenters. The van der Waals surface area contributed by atoms with E-state index in [1.54, 1.807) is 6.07 Å². The molecule has 0 spiro atoms. The normalized spacial score (nSPS) is 18.4. The van der Waals surface area contributed by atoms with Crippen molar-refractivity contribution in [1.82, 2.24) is 15.2 Å². The lowest BCUT2D eigenvalue weighted by atomic mass is 9.99. The van der Waals surface area contributed by atoms with Gasteiger partial charge in [0.2, 0.25) is 0 Å². The Morgan fingerprint density at radius 1 is 1.13 bits per heavy atom. The van der Waals surface area contributed by atoms with E-state index in [4.69, 9.17) is 9.72 Å². The number of aryl methyl sites for hydroxylation is 1. The average Bonchev–Trinajstić information content (AvgIpc) is 3.74. The zero-order valence-electron chi connectivity index (χ0n) is 21.2. The minimum absolute atomic E-state index is 0.302. The second-order valence-electron chi connectivity index (χ2n) is 10.2. The lowest BCUT2D eigenvalue weighted by Gasteiger charge is -2.38. The third-order valence-corrected chi connectivity index (χ3v) is 7.50. The number of hydrogen-bond donors (Lipinski definition) is 2. The Morgan fingerprint density at radius 2 is 1.87 bits per heavy atom. The van der Waals surface area contributed by atoms with Gasteiger partial charge in [-0.05, 0) is 66.8 Å². The van der Waals surface area contributed by atoms with Crippen LogP contribution in [0.4, 0.5) is 17.3 Å². The second-order valence-corrected chi connectivity index (χ2v) is 10.2. The molecule has 2 aromatic heterocycles. The van der Waals surface area contributed by atoms with Crippen molar-refractivity contribution in [2.75, 3.05) is 54.5 Å². The third kappa shape index (κ3) is 4.66. The van der Waals surface area contributed by atoms with Gasteiger partial charge >= 0.3 is 0 Å². The number of nitriles is 1. The topological polar surface area (TPSA) is 128 Å². The molecule has 38 heavy (non-hydrogen) atoms. The molecule has 6 rings (SSSR count). The molecule has 1 aliphatic carbocycles. The van der Waals surface area contributed by atoms with Crippen LogP contribution in [0.15, 0.2) is 42.6 Å². The third-order valence-electron chi connectivity index (χ3n) is 7.50. The number of hydrogen-bond acceptors (Lipinski definition) is 9. The molecule has 3 aliphatic rings. The van der Waals surface area contributed by atoms with Gasteiger partial charge in [-0.3, -0.25) is 4.79 Å². The molecule has 1 aromatic carbocycles. The van der Waals surface area contributed by atoms with E-state index in [1.165, 1.54) is 6.20 Å². The van der Waals surface area contributed by atoms with E-state index in [9.17, 15) is 15.2 Å². The Bertz CT molecular complexity index is 1420. The van der Waals surface area contributed by atoms with Crippen molar-refractivity contribution in [3.63, 3.8) is 0 Å². The van der Waals surface area contributed by atoms with Crippen LogP contribution in [-0.4, -0.2) is 71.7 Å². The Balaban J connectivity index is 1.30. The first-order valence-corrected chi connectivity index (χ1v) is 12.9. The van der Waals surface area contributed by atoms with Gasteiger partial charge in [0.15, 0.2) is 0 Å². The van der Waals surface area contributed by atoms with E-state index in [1.807, 2.05) is 31.2 Å². The number of aliphatic hydroxyl groups excluding tert-OH is 1. The lowest BCUT2D eigenvalue weighted by molar-refractivity contribution is 0.102. The van der Waals surface area contributed by atoms with Crippen LogP contribution in [0.1, 0.15) is 34.5 Å². The van der Waals surface area contributed by atoms with Gasteiger partial charge in [-0.1, -0.05) is 6.07 Å². The molecular formula is C28H29N7O3. The monoisotopic (exact) mass is 511 g/mol. The molecule has 0 atom stereocenters. The molecule has 1 amide bonds. The predicted molar refractivity (Wildman–Crippen MR) is 142 cm³/mol. The van der Waals surface area contributed by atoms with E-state index in [0.717, 1.165) is 54.3 Å². The van der Waals surface area contributed by atoms with Gasteiger partial charge in [0.25, 0.3) is 5.91 Å². The van der Waals surface area contributed by atoms with Crippen LogP contribution >= 0.6 is 0 Å². The summed E-state index contributed by atoms with van der Waals surface area (Å²) in [5, 5.41) is 30.4. The molecule has 3 fully saturated rings. The van der Waals surface area contributed by atoms with Crippen LogP contribution in [0.3, 0.4) is 0 Å². The number of benzene rings is 1. The molecule has 10 heteroatoms. The summed E-state index contributed by atoms with van der Waals surface area (Å²) >= 11 is 0. The van der Waals surface area contributed by atoms with Gasteiger partial charge in [-0.25, -0.2) is 4.98 Å². The lowest BCUT2D eigenvalue weighted by Crippen LogP contribution is -2.51. The fourth-order valence-corrected chi connectivity index (χ4v) is 4.91. The van der Waals surface area contributed by atoms with Gasteiger partial charge < -0.3 is 25.0 Å². The summed E-state index contributed by atoms with van der Waals surface area (Å²) in [6.07, 6.45) is 2.56. The van der Waals surface area contributed by atoms with Gasteiger partial charge in [-0.2, -0.15) is 15.5 Å². The van der Waals surface area contributed by atoms with Crippen molar-refractivity contribution in [1.29, 1.82) is 5.26 Å². The Kier molecular flexibility index (Phi) is 6.18. The highest BCUT2D eigenvalue weighted by molar-refractivity contribution is 6.04. The standard InChI is InChI=1S/C28H29N7O3/c1-18-2-3-21(31-27(37)20-10-24(33-30-14-20)28(17-29)4-5-28)13-23(18)19-11-25(34-6-8-38-9-7-34)32-26(12-19)35-15-22(36)16-35/h2-3,10-14,22,36H,4-9,15-16H2,1H3,(H,31,37). The number of anilines is 3. The van der Waals surface area contributed by atoms with Crippen LogP contribution in [0.25, 0.3) is 11.1 Å². The number of carbonyl (C=O) groups excluding carboxylic acids is 1. The van der Waals surface area contributed by atoms with Gasteiger partial charge in [0.1, 0.15) is 17.1 Å². The molecule has 10 nitrogen and oxygen atoms in total. The number of aliphatic hydroxyl groups is 1. The first kappa shape index (κ1) is 24.3. The maximum Gasteiger partial charge on any atom is 0.257 e. The van der Waals surface area contributed by atoms with Crippen LogP contribution in [0, 0.1) is 18.3 Å². The van der Waals surface area contributed by atoms with Crippen LogP contribution < -0.4 is 15.1 Å². The molecular weight excluding hydrogens is 482 g/mol. The molecule has 194 valence electrons. The summed E-state index contributed by atoms with van der Waals surface area (Å²) in [5.41, 5.74) is 4.00. The maximum absolute atomic E-state index is 13.1. The van der Waals surface area contributed by atoms with E-state index >= 15 is 0 Å². The summed E-state index contributed by atoms with van der Waals surface area (Å²) < 4.78 is 5.53. The van der Waals surface area contributed by atoms with Crippen molar-refractivity contribution in [2.24, 2.45) is 0 Å². The first-order chi connectivity index (χ1) is 18.4. The highest BCUT2D eigenvalue weighted by Gasteiger charge is 2.47. The molecule has 2 N–H and O–H groups in total. The second kappa shape index (κ2) is 9.67. The van der Waals surface area contributed by atoms with Crippen molar-refractivity contribution < 1.29 is 14.6 Å². The largest absolute Gasteiger partial charge is 0.389 e. The summed E-state index contributed by atoms with van der Waals surface area (Å²) in [6, 6.07) is 13.9. The molecule has 4 heterocycles. The van der Waals surface area contributed by atoms with Crippen molar-refractivity contribution in [3.05, 3.63) is 59.4 Å². The summed E-state index contributed by atoms with van der Waals surface area (Å²) in [5.74, 6) is 1.40. The Labute approximate surface area is 220 Å². The number of amides is 1. The fraction of sp³-hybridized carbons (Fsp3) is 0.393. The van der Waals surface area contributed by atoms with Crippen molar-refractivity contribution >= 4 is 23.2 Å². The van der Waals surface area contributed by atoms with Gasteiger partial charge in [0, 0.05) is 31.9 Å². The van der Waals surface area contributed by atoms with Crippen LogP contribution in [0.5, 0.6) is 0 Å². The Hall–Kier alpha value is -4.07. The summed E-state index contributed by atoms with van der Waals surface area (Å²) in [4.78, 5) is 22.3. The average molecular weight is 512 g/mol. The van der Waals surface area contributed by atoms with Crippen molar-refractivity contribution in [2.45, 2.75) is 31.3 Å². The van der Waals surface area contributed by atoms with E-state index in [-0.39, 0.29) is 12.0 Å². The highest BCUT2D eigenvalue weighted by atomic mass is 16.5. The molecule has 3 aromatic rings. The Morgan fingerprint density at radius 3 is 2.55 bits per heavy atom. The zero-order valence-corrected chi connectivity index (χ0v) is 21.2. The fourth-order valence-electron chi connectivity index (χ4n) is 4.91. The van der Waals surface area contributed by atoms with Crippen molar-refractivity contribution in [3.8, 4) is 17.2 Å². The summed E-state index contributed by atoms with van der Waals surface area (Å²) in [7, 11) is 0. The van der Waals surface area contributed by atoms with Gasteiger partial charge in [-0.15, -0.1) is 0 Å². The van der Waals surface area contributed by atoms with Crippen LogP contribution in [0.2, 0.25) is 0 Å². The minimum Gasteiger partial charge on any atom is -0.389 e. The number of aromatic nitrogens is 3. The van der Waals surface area contributed by atoms with E-state index in [0.29, 0.717) is 43.2 Å². The number of morpholine rings is 1. The van der Waals surface area contributed by atoms with Gasteiger partial charge in [0.05, 0.1) is 42.8 Å². The summed E-state index contributed by atoms with van der Waals surface area (Å²) in [6.45, 7) is 6.01. The molecule has 1 saturated carbocycles. The number of β-amino-alcohol motifs (C(OH)–C–C–N with tert-alkyl or cyclic N) is 1. The van der Waals surface area contributed by atoms with E-state index < -0.39 is 5.41 Å². The maximum atomic E-state index is 13.1. The number of rotatable bonds is 6. The number of carbonyl (C=O) groups is 1. The number of nitrogens with zero attached hydrogens (tertiary/aromatic N) is 6. The molecule has 2 aliphatic heterocycles. The van der Waals surface area contributed by atoms with Crippen LogP contribution in [-0.2, 0) is 10.2 Å². The first-order valence-electron chi connectivity index (χ1n) is 12.9. The zero-order chi connectivity index (χ0) is 26.3. The van der Waals surface area contributed by atoms with E-state index in [2.05, 4.69) is 37.4 Å². The number of pyridine rings is 1. The smallest absolute Gasteiger partial charge is 0.257 e. The quantitative estimate of drug-likeness (QED) is 0.513. The minimum atomic E-state index is -0.607. The highest BCUT2D eigenvalue weighted by Crippen LogP contribution is 2.46. The predicted octanol–water partition coefficient (Wildman–Crippen LogP) is 2.67. The molecule has 2 saturated heterocycles.